The van der Waals surface area contributed by atoms with Crippen LogP contribution >= 0.6 is 11.6 Å². The molecule has 2 rings (SSSR count). The SMILES string of the molecule is Cc1nn(C)c(Nc2ccc(Cl)c(C(=O)O)c2)c1[N+](=O)[O-]. The summed E-state index contributed by atoms with van der Waals surface area (Å²) in [5, 5.41) is 27.0. The summed E-state index contributed by atoms with van der Waals surface area (Å²) in [6.07, 6.45) is 0. The second-order valence-electron chi connectivity index (χ2n) is 4.29. The maximum absolute atomic E-state index is 11.1. The van der Waals surface area contributed by atoms with Gasteiger partial charge in [-0.3, -0.25) is 10.1 Å². The molecular weight excluding hydrogens is 300 g/mol. The van der Waals surface area contributed by atoms with Gasteiger partial charge in [-0.25, -0.2) is 9.48 Å². The zero-order chi connectivity index (χ0) is 15.7. The summed E-state index contributed by atoms with van der Waals surface area (Å²) in [5.41, 5.74) is 0.368. The zero-order valence-corrected chi connectivity index (χ0v) is 11.9. The second-order valence-corrected chi connectivity index (χ2v) is 4.70. The molecule has 0 amide bonds. The van der Waals surface area contributed by atoms with E-state index in [2.05, 4.69) is 10.4 Å². The summed E-state index contributed by atoms with van der Waals surface area (Å²) in [6, 6.07) is 4.24. The van der Waals surface area contributed by atoms with Gasteiger partial charge >= 0.3 is 11.7 Å². The number of carboxylic acids is 1. The number of nitrogens with zero attached hydrogens (tertiary/aromatic N) is 3. The highest BCUT2D eigenvalue weighted by atomic mass is 35.5. The van der Waals surface area contributed by atoms with Crippen molar-refractivity contribution in [3.05, 3.63) is 44.6 Å². The van der Waals surface area contributed by atoms with E-state index in [1.807, 2.05) is 0 Å². The van der Waals surface area contributed by atoms with E-state index in [-0.39, 0.29) is 27.8 Å². The molecule has 110 valence electrons. The molecule has 0 spiro atoms. The first-order chi connectivity index (χ1) is 9.81. The van der Waals surface area contributed by atoms with E-state index in [4.69, 9.17) is 16.7 Å². The minimum atomic E-state index is -1.18. The van der Waals surface area contributed by atoms with Gasteiger partial charge in [0.25, 0.3) is 0 Å². The van der Waals surface area contributed by atoms with Crippen LogP contribution in [0.5, 0.6) is 0 Å². The number of halogens is 1. The summed E-state index contributed by atoms with van der Waals surface area (Å²) >= 11 is 5.78. The predicted molar refractivity (Wildman–Crippen MR) is 76.3 cm³/mol. The van der Waals surface area contributed by atoms with Crippen molar-refractivity contribution >= 4 is 34.8 Å². The predicted octanol–water partition coefficient (Wildman–Crippen LogP) is 2.73. The zero-order valence-electron chi connectivity index (χ0n) is 11.1. The van der Waals surface area contributed by atoms with Crippen molar-refractivity contribution in [2.45, 2.75) is 6.92 Å². The fourth-order valence-electron chi connectivity index (χ4n) is 1.91. The number of aryl methyl sites for hydroxylation is 2. The standard InChI is InChI=1S/C12H11ClN4O4/c1-6-10(17(20)21)11(16(2)15-6)14-7-3-4-9(13)8(5-7)12(18)19/h3-5,14H,1-2H3,(H,18,19). The van der Waals surface area contributed by atoms with Crippen LogP contribution in [0.15, 0.2) is 18.2 Å². The topological polar surface area (TPSA) is 110 Å². The molecule has 8 nitrogen and oxygen atoms in total. The summed E-state index contributed by atoms with van der Waals surface area (Å²) in [4.78, 5) is 21.6. The van der Waals surface area contributed by atoms with Crippen molar-refractivity contribution < 1.29 is 14.8 Å². The molecule has 2 aromatic rings. The van der Waals surface area contributed by atoms with Crippen molar-refractivity contribution in [3.63, 3.8) is 0 Å². The van der Waals surface area contributed by atoms with Gasteiger partial charge in [-0.1, -0.05) is 11.6 Å². The Kier molecular flexibility index (Phi) is 3.81. The molecule has 0 saturated carbocycles. The third kappa shape index (κ3) is 2.79. The maximum atomic E-state index is 11.1. The van der Waals surface area contributed by atoms with Crippen LogP contribution in [0.1, 0.15) is 16.1 Å². The number of aromatic nitrogens is 2. The molecule has 0 aliphatic rings. The Hall–Kier alpha value is -2.61. The third-order valence-electron chi connectivity index (χ3n) is 2.83. The number of hydrogen-bond donors (Lipinski definition) is 2. The number of nitro groups is 1. The van der Waals surface area contributed by atoms with Gasteiger partial charge in [-0.15, -0.1) is 0 Å². The highest BCUT2D eigenvalue weighted by Crippen LogP contribution is 2.31. The second kappa shape index (κ2) is 5.41. The lowest BCUT2D eigenvalue weighted by Gasteiger charge is -2.08. The summed E-state index contributed by atoms with van der Waals surface area (Å²) in [7, 11) is 1.55. The number of aromatic carboxylic acids is 1. The number of anilines is 2. The first-order valence-electron chi connectivity index (χ1n) is 5.79. The normalized spacial score (nSPS) is 10.4. The molecule has 1 aromatic heterocycles. The van der Waals surface area contributed by atoms with Crippen LogP contribution in [0, 0.1) is 17.0 Å². The molecule has 0 fully saturated rings. The molecule has 0 atom stereocenters. The number of hydrogen-bond acceptors (Lipinski definition) is 5. The van der Waals surface area contributed by atoms with Crippen LogP contribution in [-0.4, -0.2) is 25.8 Å². The molecule has 0 saturated heterocycles. The summed E-state index contributed by atoms with van der Waals surface area (Å²) < 4.78 is 1.32. The average Bonchev–Trinajstić information content (AvgIpc) is 2.66. The van der Waals surface area contributed by atoms with Gasteiger partial charge < -0.3 is 10.4 Å². The Balaban J connectivity index is 2.46. The number of benzene rings is 1. The molecular formula is C12H11ClN4O4. The summed E-state index contributed by atoms with van der Waals surface area (Å²) in [5.74, 6) is -1.02. The molecule has 9 heteroatoms. The number of nitrogens with one attached hydrogen (secondary N) is 1. The molecule has 0 aliphatic heterocycles. The van der Waals surface area contributed by atoms with E-state index in [1.54, 1.807) is 7.05 Å². The third-order valence-corrected chi connectivity index (χ3v) is 3.16. The Morgan fingerprint density at radius 3 is 2.76 bits per heavy atom. The molecule has 0 aliphatic carbocycles. The Bertz CT molecular complexity index is 741. The van der Waals surface area contributed by atoms with E-state index < -0.39 is 10.9 Å². The van der Waals surface area contributed by atoms with Crippen LogP contribution in [0.25, 0.3) is 0 Å². The van der Waals surface area contributed by atoms with Crippen LogP contribution in [0.3, 0.4) is 0 Å². The van der Waals surface area contributed by atoms with Crippen molar-refractivity contribution in [1.29, 1.82) is 0 Å². The van der Waals surface area contributed by atoms with Crippen molar-refractivity contribution in [2.75, 3.05) is 5.32 Å². The first-order valence-corrected chi connectivity index (χ1v) is 6.17. The van der Waals surface area contributed by atoms with Gasteiger partial charge in [-0.05, 0) is 25.1 Å². The van der Waals surface area contributed by atoms with Gasteiger partial charge in [0.1, 0.15) is 5.69 Å². The smallest absolute Gasteiger partial charge is 0.337 e. The van der Waals surface area contributed by atoms with E-state index in [0.717, 1.165) is 0 Å². The Labute approximate surface area is 124 Å². The van der Waals surface area contributed by atoms with E-state index in [9.17, 15) is 14.9 Å². The van der Waals surface area contributed by atoms with Crippen LogP contribution in [0.2, 0.25) is 5.02 Å². The first kappa shape index (κ1) is 14.8. The average molecular weight is 311 g/mol. The lowest BCUT2D eigenvalue weighted by atomic mass is 10.2. The van der Waals surface area contributed by atoms with Crippen molar-refractivity contribution in [3.8, 4) is 0 Å². The van der Waals surface area contributed by atoms with Crippen LogP contribution in [-0.2, 0) is 7.05 Å². The van der Waals surface area contributed by atoms with E-state index in [1.165, 1.54) is 29.8 Å². The molecule has 0 radical (unpaired) electrons. The minimum absolute atomic E-state index is 0.0868. The van der Waals surface area contributed by atoms with Crippen LogP contribution in [0.4, 0.5) is 17.2 Å². The number of carboxylic acid groups (broad SMARTS) is 1. The van der Waals surface area contributed by atoms with Gasteiger partial charge in [-0.2, -0.15) is 5.10 Å². The molecule has 1 aromatic carbocycles. The summed E-state index contributed by atoms with van der Waals surface area (Å²) in [6.45, 7) is 1.52. The van der Waals surface area contributed by atoms with Gasteiger partial charge in [0.15, 0.2) is 0 Å². The lowest BCUT2D eigenvalue weighted by Crippen LogP contribution is -2.03. The highest BCUT2D eigenvalue weighted by Gasteiger charge is 2.24. The molecule has 0 bridgehead atoms. The molecule has 2 N–H and O–H groups in total. The number of carbonyl (C=O) groups is 1. The minimum Gasteiger partial charge on any atom is -0.478 e. The molecule has 1 heterocycles. The Morgan fingerprint density at radius 1 is 1.52 bits per heavy atom. The molecule has 21 heavy (non-hydrogen) atoms. The van der Waals surface area contributed by atoms with Crippen molar-refractivity contribution in [2.24, 2.45) is 7.05 Å². The highest BCUT2D eigenvalue weighted by molar-refractivity contribution is 6.33. The van der Waals surface area contributed by atoms with Crippen LogP contribution < -0.4 is 5.32 Å². The lowest BCUT2D eigenvalue weighted by molar-refractivity contribution is -0.384. The van der Waals surface area contributed by atoms with Crippen molar-refractivity contribution in [1.82, 2.24) is 9.78 Å². The van der Waals surface area contributed by atoms with Gasteiger partial charge in [0.05, 0.1) is 15.5 Å². The monoisotopic (exact) mass is 310 g/mol. The molecule has 0 unspecified atom stereocenters. The number of rotatable bonds is 4. The quantitative estimate of drug-likeness (QED) is 0.663. The fourth-order valence-corrected chi connectivity index (χ4v) is 2.11. The largest absolute Gasteiger partial charge is 0.478 e. The fraction of sp³-hybridized carbons (Fsp3) is 0.167. The maximum Gasteiger partial charge on any atom is 0.337 e. The van der Waals surface area contributed by atoms with Gasteiger partial charge in [0.2, 0.25) is 5.82 Å². The van der Waals surface area contributed by atoms with E-state index >= 15 is 0 Å². The van der Waals surface area contributed by atoms with Gasteiger partial charge in [0, 0.05) is 12.7 Å². The van der Waals surface area contributed by atoms with E-state index in [0.29, 0.717) is 5.69 Å². The Morgan fingerprint density at radius 2 is 2.19 bits per heavy atom.